The molecule has 1 N–H and O–H groups in total. The average Bonchev–Trinajstić information content (AvgIpc) is 2.28. The highest BCUT2D eigenvalue weighted by Crippen LogP contribution is 2.12. The molecule has 1 rings (SSSR count). The molecule has 0 heterocycles. The third-order valence-corrected chi connectivity index (χ3v) is 2.73. The maximum atomic E-state index is 3.51. The number of allylic oxidation sites excluding steroid dienone is 3. The Kier molecular flexibility index (Phi) is 5.96. The van der Waals surface area contributed by atoms with Crippen LogP contribution in [0, 0.1) is 17.8 Å². The SMILES string of the molecule is CC(C)=C/C=C(\C)CNCC1CC#CCC1. The van der Waals surface area contributed by atoms with Gasteiger partial charge in [0.1, 0.15) is 0 Å². The highest BCUT2D eigenvalue weighted by atomic mass is 14.9. The summed E-state index contributed by atoms with van der Waals surface area (Å²) < 4.78 is 0. The van der Waals surface area contributed by atoms with Crippen molar-refractivity contribution in [3.05, 3.63) is 23.3 Å². The second-order valence-electron chi connectivity index (χ2n) is 4.85. The van der Waals surface area contributed by atoms with E-state index in [4.69, 9.17) is 0 Å². The summed E-state index contributed by atoms with van der Waals surface area (Å²) in [6.07, 6.45) is 7.78. The van der Waals surface area contributed by atoms with Gasteiger partial charge in [0, 0.05) is 19.4 Å². The highest BCUT2D eigenvalue weighted by molar-refractivity contribution is 5.15. The molecule has 0 bridgehead atoms. The first-order valence-electron chi connectivity index (χ1n) is 6.15. The first kappa shape index (κ1) is 13.1. The third kappa shape index (κ3) is 5.78. The normalized spacial score (nSPS) is 19.9. The lowest BCUT2D eigenvalue weighted by atomic mass is 9.96. The topological polar surface area (TPSA) is 12.0 Å². The van der Waals surface area contributed by atoms with Gasteiger partial charge in [0.25, 0.3) is 0 Å². The van der Waals surface area contributed by atoms with Gasteiger partial charge in [-0.15, -0.1) is 11.8 Å². The third-order valence-electron chi connectivity index (χ3n) is 2.73. The zero-order valence-corrected chi connectivity index (χ0v) is 10.8. The van der Waals surface area contributed by atoms with Gasteiger partial charge in [0.2, 0.25) is 0 Å². The summed E-state index contributed by atoms with van der Waals surface area (Å²) in [6, 6.07) is 0. The van der Waals surface area contributed by atoms with Crippen LogP contribution in [0.3, 0.4) is 0 Å². The van der Waals surface area contributed by atoms with Gasteiger partial charge in [-0.2, -0.15) is 0 Å². The fourth-order valence-corrected chi connectivity index (χ4v) is 1.70. The molecule has 0 fully saturated rings. The Balaban J connectivity index is 2.18. The van der Waals surface area contributed by atoms with Crippen LogP contribution in [-0.2, 0) is 0 Å². The van der Waals surface area contributed by atoms with Crippen molar-refractivity contribution in [3.63, 3.8) is 0 Å². The molecule has 1 unspecified atom stereocenters. The molecule has 16 heavy (non-hydrogen) atoms. The van der Waals surface area contributed by atoms with Crippen LogP contribution in [0.25, 0.3) is 0 Å². The Hall–Kier alpha value is -1.00. The summed E-state index contributed by atoms with van der Waals surface area (Å²) in [7, 11) is 0. The lowest BCUT2D eigenvalue weighted by Crippen LogP contribution is -2.25. The minimum Gasteiger partial charge on any atom is -0.313 e. The molecule has 0 amide bonds. The minimum absolute atomic E-state index is 0.762. The molecule has 0 aromatic heterocycles. The Morgan fingerprint density at radius 3 is 2.69 bits per heavy atom. The van der Waals surface area contributed by atoms with Crippen molar-refractivity contribution in [1.29, 1.82) is 0 Å². The lowest BCUT2D eigenvalue weighted by Gasteiger charge is -2.16. The Labute approximate surface area is 100 Å². The first-order valence-corrected chi connectivity index (χ1v) is 6.15. The van der Waals surface area contributed by atoms with Gasteiger partial charge in [0.15, 0.2) is 0 Å². The molecule has 0 radical (unpaired) electrons. The van der Waals surface area contributed by atoms with E-state index < -0.39 is 0 Å². The zero-order valence-electron chi connectivity index (χ0n) is 10.8. The molecule has 0 aliphatic heterocycles. The van der Waals surface area contributed by atoms with Crippen LogP contribution < -0.4 is 5.32 Å². The molecule has 1 atom stereocenters. The van der Waals surface area contributed by atoms with Crippen molar-refractivity contribution in [2.45, 2.75) is 40.0 Å². The van der Waals surface area contributed by atoms with Gasteiger partial charge in [-0.25, -0.2) is 0 Å². The highest BCUT2D eigenvalue weighted by Gasteiger charge is 2.08. The van der Waals surface area contributed by atoms with Gasteiger partial charge in [-0.05, 0) is 39.7 Å². The molecule has 0 aromatic rings. The summed E-state index contributed by atoms with van der Waals surface area (Å²) in [5, 5.41) is 3.51. The summed E-state index contributed by atoms with van der Waals surface area (Å²) in [5.74, 6) is 7.11. The van der Waals surface area contributed by atoms with Crippen molar-refractivity contribution >= 4 is 0 Å². The monoisotopic (exact) mass is 217 g/mol. The molecule has 88 valence electrons. The van der Waals surface area contributed by atoms with E-state index in [0.717, 1.165) is 31.8 Å². The van der Waals surface area contributed by atoms with Crippen LogP contribution >= 0.6 is 0 Å². The van der Waals surface area contributed by atoms with Crippen LogP contribution in [0.1, 0.15) is 40.0 Å². The van der Waals surface area contributed by atoms with E-state index in [0.29, 0.717) is 0 Å². The second-order valence-corrected chi connectivity index (χ2v) is 4.85. The average molecular weight is 217 g/mol. The molecular weight excluding hydrogens is 194 g/mol. The van der Waals surface area contributed by atoms with E-state index in [1.54, 1.807) is 0 Å². The van der Waals surface area contributed by atoms with Crippen LogP contribution in [0.5, 0.6) is 0 Å². The van der Waals surface area contributed by atoms with Crippen LogP contribution in [0.4, 0.5) is 0 Å². The largest absolute Gasteiger partial charge is 0.313 e. The molecule has 1 nitrogen and oxygen atoms in total. The summed E-state index contributed by atoms with van der Waals surface area (Å²) in [6.45, 7) is 8.52. The quantitative estimate of drug-likeness (QED) is 0.550. The molecule has 1 heteroatoms. The lowest BCUT2D eigenvalue weighted by molar-refractivity contribution is 0.462. The van der Waals surface area contributed by atoms with Crippen LogP contribution in [0.2, 0.25) is 0 Å². The molecular formula is C15H23N. The zero-order chi connectivity index (χ0) is 11.8. The molecule has 0 spiro atoms. The Bertz CT molecular complexity index is 321. The smallest absolute Gasteiger partial charge is 0.0165 e. The van der Waals surface area contributed by atoms with Gasteiger partial charge >= 0.3 is 0 Å². The van der Waals surface area contributed by atoms with Gasteiger partial charge in [0.05, 0.1) is 0 Å². The van der Waals surface area contributed by atoms with Crippen molar-refractivity contribution < 1.29 is 0 Å². The van der Waals surface area contributed by atoms with Gasteiger partial charge in [-0.3, -0.25) is 0 Å². The molecule has 1 aliphatic carbocycles. The van der Waals surface area contributed by atoms with E-state index >= 15 is 0 Å². The maximum absolute atomic E-state index is 3.51. The minimum atomic E-state index is 0.762. The second kappa shape index (κ2) is 7.30. The summed E-state index contributed by atoms with van der Waals surface area (Å²) >= 11 is 0. The Morgan fingerprint density at radius 2 is 2.06 bits per heavy atom. The van der Waals surface area contributed by atoms with Crippen LogP contribution in [-0.4, -0.2) is 13.1 Å². The first-order chi connectivity index (χ1) is 7.68. The fraction of sp³-hybridized carbons (Fsp3) is 0.600. The van der Waals surface area contributed by atoms with Crippen LogP contribution in [0.15, 0.2) is 23.3 Å². The number of hydrogen-bond acceptors (Lipinski definition) is 1. The molecule has 1 aliphatic rings. The maximum Gasteiger partial charge on any atom is 0.0165 e. The fourth-order valence-electron chi connectivity index (χ4n) is 1.70. The summed E-state index contributed by atoms with van der Waals surface area (Å²) in [5.41, 5.74) is 2.74. The van der Waals surface area contributed by atoms with E-state index in [1.165, 1.54) is 17.6 Å². The molecule has 0 saturated heterocycles. The van der Waals surface area contributed by atoms with E-state index in [2.05, 4.69) is 50.1 Å². The standard InChI is InChI=1S/C15H23N/c1-13(2)9-10-14(3)11-16-12-15-7-5-4-6-8-15/h9-10,15-16H,5,7-8,11-12H2,1-3H3/b14-10+. The van der Waals surface area contributed by atoms with Crippen molar-refractivity contribution in [1.82, 2.24) is 5.32 Å². The van der Waals surface area contributed by atoms with Gasteiger partial charge < -0.3 is 5.32 Å². The number of nitrogens with one attached hydrogen (secondary N) is 1. The van der Waals surface area contributed by atoms with Crippen molar-refractivity contribution in [2.24, 2.45) is 5.92 Å². The predicted molar refractivity (Wildman–Crippen MR) is 71.2 cm³/mol. The van der Waals surface area contributed by atoms with E-state index in [1.807, 2.05) is 0 Å². The van der Waals surface area contributed by atoms with Crippen molar-refractivity contribution in [2.75, 3.05) is 13.1 Å². The summed E-state index contributed by atoms with van der Waals surface area (Å²) in [4.78, 5) is 0. The predicted octanol–water partition coefficient (Wildman–Crippen LogP) is 3.29. The number of rotatable bonds is 5. The van der Waals surface area contributed by atoms with E-state index in [-0.39, 0.29) is 0 Å². The van der Waals surface area contributed by atoms with E-state index in [9.17, 15) is 0 Å². The van der Waals surface area contributed by atoms with Crippen molar-refractivity contribution in [3.8, 4) is 11.8 Å². The molecule has 0 aromatic carbocycles. The van der Waals surface area contributed by atoms with Gasteiger partial charge in [-0.1, -0.05) is 23.3 Å². The molecule has 0 saturated carbocycles. The number of hydrogen-bond donors (Lipinski definition) is 1. The Morgan fingerprint density at radius 1 is 1.25 bits per heavy atom.